The van der Waals surface area contributed by atoms with Crippen LogP contribution in [0.15, 0.2) is 41.0 Å². The van der Waals surface area contributed by atoms with Crippen molar-refractivity contribution < 1.29 is 13.9 Å². The highest BCUT2D eigenvalue weighted by atomic mass is 16.5. The van der Waals surface area contributed by atoms with Gasteiger partial charge in [0.25, 0.3) is 0 Å². The summed E-state index contributed by atoms with van der Waals surface area (Å²) in [5.41, 5.74) is 6.51. The number of methoxy groups -OCH3 is 1. The molecule has 17 heavy (non-hydrogen) atoms. The van der Waals surface area contributed by atoms with Crippen LogP contribution in [0.4, 0.5) is 0 Å². The lowest BCUT2D eigenvalue weighted by Gasteiger charge is -2.07. The molecule has 2 rings (SSSR count). The monoisotopic (exact) mass is 233 g/mol. The minimum atomic E-state index is 0.379. The predicted octanol–water partition coefficient (Wildman–Crippen LogP) is 2.33. The van der Waals surface area contributed by atoms with Gasteiger partial charge in [0.15, 0.2) is 0 Å². The van der Waals surface area contributed by atoms with Crippen molar-refractivity contribution in [2.24, 2.45) is 5.73 Å². The van der Waals surface area contributed by atoms with Crippen molar-refractivity contribution >= 4 is 0 Å². The molecule has 90 valence electrons. The number of hydrogen-bond acceptors (Lipinski definition) is 4. The third-order valence-corrected chi connectivity index (χ3v) is 2.46. The Kier molecular flexibility index (Phi) is 3.67. The Bertz CT molecular complexity index is 479. The molecule has 2 aromatic rings. The summed E-state index contributed by atoms with van der Waals surface area (Å²) in [6, 6.07) is 9.33. The second kappa shape index (κ2) is 5.41. The van der Waals surface area contributed by atoms with Crippen molar-refractivity contribution in [3.05, 3.63) is 47.9 Å². The number of ether oxygens (including phenoxy) is 2. The fraction of sp³-hybridized carbons (Fsp3) is 0.231. The number of nitrogens with two attached hydrogens (primary N) is 1. The second-order valence-electron chi connectivity index (χ2n) is 3.54. The van der Waals surface area contributed by atoms with Gasteiger partial charge in [0, 0.05) is 11.6 Å². The molecule has 0 bridgehead atoms. The third kappa shape index (κ3) is 2.79. The molecule has 1 aromatic heterocycles. The molecule has 1 aromatic carbocycles. The van der Waals surface area contributed by atoms with Crippen LogP contribution in [0.2, 0.25) is 0 Å². The fourth-order valence-electron chi connectivity index (χ4n) is 1.53. The summed E-state index contributed by atoms with van der Waals surface area (Å²) >= 11 is 0. The van der Waals surface area contributed by atoms with E-state index in [1.165, 1.54) is 0 Å². The van der Waals surface area contributed by atoms with Gasteiger partial charge in [-0.05, 0) is 18.2 Å². The van der Waals surface area contributed by atoms with E-state index < -0.39 is 0 Å². The van der Waals surface area contributed by atoms with Crippen LogP contribution in [0.25, 0.3) is 0 Å². The molecular formula is C13H15NO3. The Morgan fingerprint density at radius 2 is 2.06 bits per heavy atom. The number of hydrogen-bond donors (Lipinski definition) is 1. The maximum absolute atomic E-state index is 5.64. The van der Waals surface area contributed by atoms with Crippen LogP contribution in [-0.2, 0) is 13.2 Å². The zero-order valence-electron chi connectivity index (χ0n) is 9.68. The van der Waals surface area contributed by atoms with Crippen LogP contribution in [-0.4, -0.2) is 7.11 Å². The first-order chi connectivity index (χ1) is 8.33. The van der Waals surface area contributed by atoms with Crippen LogP contribution in [0.1, 0.15) is 11.3 Å². The summed E-state index contributed by atoms with van der Waals surface area (Å²) < 4.78 is 16.0. The molecule has 1 heterocycles. The van der Waals surface area contributed by atoms with E-state index in [0.29, 0.717) is 13.2 Å². The van der Waals surface area contributed by atoms with Crippen molar-refractivity contribution in [2.75, 3.05) is 7.11 Å². The molecule has 4 nitrogen and oxygen atoms in total. The Labute approximate surface area is 99.9 Å². The second-order valence-corrected chi connectivity index (χ2v) is 3.54. The summed E-state index contributed by atoms with van der Waals surface area (Å²) in [5, 5.41) is 0. The van der Waals surface area contributed by atoms with E-state index in [1.54, 1.807) is 13.4 Å². The predicted molar refractivity (Wildman–Crippen MR) is 63.9 cm³/mol. The number of rotatable bonds is 5. The largest absolute Gasteiger partial charge is 0.497 e. The van der Waals surface area contributed by atoms with Crippen LogP contribution in [0, 0.1) is 0 Å². The first-order valence-corrected chi connectivity index (χ1v) is 5.35. The first kappa shape index (κ1) is 11.5. The Hall–Kier alpha value is -1.94. The minimum absolute atomic E-state index is 0.379. The molecule has 0 atom stereocenters. The maximum Gasteiger partial charge on any atom is 0.123 e. The van der Waals surface area contributed by atoms with Crippen LogP contribution < -0.4 is 15.2 Å². The highest BCUT2D eigenvalue weighted by Gasteiger charge is 2.05. The molecule has 2 N–H and O–H groups in total. The summed E-state index contributed by atoms with van der Waals surface area (Å²) in [7, 11) is 1.63. The van der Waals surface area contributed by atoms with Crippen LogP contribution in [0.3, 0.4) is 0 Å². The smallest absolute Gasteiger partial charge is 0.123 e. The van der Waals surface area contributed by atoms with Gasteiger partial charge >= 0.3 is 0 Å². The molecule has 0 unspecified atom stereocenters. The molecule has 0 aliphatic heterocycles. The number of benzene rings is 1. The third-order valence-electron chi connectivity index (χ3n) is 2.46. The van der Waals surface area contributed by atoms with E-state index in [2.05, 4.69) is 0 Å². The van der Waals surface area contributed by atoms with Gasteiger partial charge in [-0.3, -0.25) is 0 Å². The molecular weight excluding hydrogens is 218 g/mol. The summed E-state index contributed by atoms with van der Waals surface area (Å²) in [4.78, 5) is 0. The van der Waals surface area contributed by atoms with Crippen molar-refractivity contribution in [3.63, 3.8) is 0 Å². The summed E-state index contributed by atoms with van der Waals surface area (Å²) in [6.07, 6.45) is 1.62. The SMILES string of the molecule is COc1cccc(OCc2ccoc2CN)c1. The quantitative estimate of drug-likeness (QED) is 0.861. The molecule has 0 aliphatic carbocycles. The van der Waals surface area contributed by atoms with Gasteiger partial charge in [0.2, 0.25) is 0 Å². The van der Waals surface area contributed by atoms with Crippen molar-refractivity contribution in [1.82, 2.24) is 0 Å². The normalized spacial score (nSPS) is 10.2. The lowest BCUT2D eigenvalue weighted by atomic mass is 10.2. The van der Waals surface area contributed by atoms with Crippen molar-refractivity contribution in [3.8, 4) is 11.5 Å². The van der Waals surface area contributed by atoms with E-state index in [9.17, 15) is 0 Å². The lowest BCUT2D eigenvalue weighted by Crippen LogP contribution is -2.01. The Morgan fingerprint density at radius 3 is 2.82 bits per heavy atom. The number of furan rings is 1. The average molecular weight is 233 g/mol. The van der Waals surface area contributed by atoms with E-state index in [-0.39, 0.29) is 0 Å². The van der Waals surface area contributed by atoms with Gasteiger partial charge in [0.05, 0.1) is 19.9 Å². The Morgan fingerprint density at radius 1 is 1.24 bits per heavy atom. The molecule has 0 radical (unpaired) electrons. The molecule has 0 amide bonds. The highest BCUT2D eigenvalue weighted by Crippen LogP contribution is 2.20. The topological polar surface area (TPSA) is 57.6 Å². The highest BCUT2D eigenvalue weighted by molar-refractivity contribution is 5.33. The van der Waals surface area contributed by atoms with E-state index in [0.717, 1.165) is 22.8 Å². The van der Waals surface area contributed by atoms with E-state index >= 15 is 0 Å². The summed E-state index contributed by atoms with van der Waals surface area (Å²) in [6.45, 7) is 0.819. The Balaban J connectivity index is 2.02. The molecule has 0 saturated heterocycles. The molecule has 4 heteroatoms. The van der Waals surface area contributed by atoms with Crippen LogP contribution >= 0.6 is 0 Å². The molecule has 0 aliphatic rings. The van der Waals surface area contributed by atoms with Gasteiger partial charge < -0.3 is 19.6 Å². The standard InChI is InChI=1S/C13H15NO3/c1-15-11-3-2-4-12(7-11)17-9-10-5-6-16-13(10)8-14/h2-7H,8-9,14H2,1H3. The van der Waals surface area contributed by atoms with Crippen molar-refractivity contribution in [2.45, 2.75) is 13.2 Å². The van der Waals surface area contributed by atoms with Gasteiger partial charge in [-0.25, -0.2) is 0 Å². The van der Waals surface area contributed by atoms with Crippen molar-refractivity contribution in [1.29, 1.82) is 0 Å². The first-order valence-electron chi connectivity index (χ1n) is 5.35. The van der Waals surface area contributed by atoms with Gasteiger partial charge in [0.1, 0.15) is 23.9 Å². The molecule has 0 fully saturated rings. The fourth-order valence-corrected chi connectivity index (χ4v) is 1.53. The van der Waals surface area contributed by atoms with E-state index in [1.807, 2.05) is 30.3 Å². The molecule has 0 spiro atoms. The minimum Gasteiger partial charge on any atom is -0.497 e. The zero-order valence-corrected chi connectivity index (χ0v) is 9.68. The van der Waals surface area contributed by atoms with Crippen LogP contribution in [0.5, 0.6) is 11.5 Å². The van der Waals surface area contributed by atoms with Gasteiger partial charge in [-0.2, -0.15) is 0 Å². The molecule has 0 saturated carbocycles. The maximum atomic E-state index is 5.64. The van der Waals surface area contributed by atoms with Gasteiger partial charge in [-0.1, -0.05) is 6.07 Å². The van der Waals surface area contributed by atoms with Gasteiger partial charge in [-0.15, -0.1) is 0 Å². The van der Waals surface area contributed by atoms with E-state index in [4.69, 9.17) is 19.6 Å². The average Bonchev–Trinajstić information content (AvgIpc) is 2.84. The zero-order chi connectivity index (χ0) is 12.1. The lowest BCUT2D eigenvalue weighted by molar-refractivity contribution is 0.300. The summed E-state index contributed by atoms with van der Waals surface area (Å²) in [5.74, 6) is 2.29.